The monoisotopic (exact) mass is 335 g/mol. The van der Waals surface area contributed by atoms with E-state index in [1.165, 1.54) is 0 Å². The number of benzene rings is 1. The van der Waals surface area contributed by atoms with Crippen molar-refractivity contribution in [3.05, 3.63) is 32.8 Å². The normalized spacial score (nSPS) is 24.5. The number of nitrogens with one attached hydrogen (secondary N) is 1. The van der Waals surface area contributed by atoms with Gasteiger partial charge in [0.15, 0.2) is 0 Å². The van der Waals surface area contributed by atoms with E-state index in [-0.39, 0.29) is 5.41 Å². The largest absolute Gasteiger partial charge is 0.378 e. The number of halogens is 3. The molecule has 0 saturated heterocycles. The Labute approximate surface area is 135 Å². The maximum atomic E-state index is 6.21. The van der Waals surface area contributed by atoms with E-state index in [1.54, 1.807) is 12.1 Å². The molecule has 1 aromatic rings. The Kier molecular flexibility index (Phi) is 5.25. The summed E-state index contributed by atoms with van der Waals surface area (Å²) < 4.78 is 5.73. The molecule has 1 aliphatic rings. The lowest BCUT2D eigenvalue weighted by molar-refractivity contribution is -0.114. The van der Waals surface area contributed by atoms with Gasteiger partial charge in [0, 0.05) is 35.2 Å². The summed E-state index contributed by atoms with van der Waals surface area (Å²) in [6.07, 6.45) is 1.33. The molecular formula is C15H20Cl3NO. The van der Waals surface area contributed by atoms with Crippen molar-refractivity contribution in [3.63, 3.8) is 0 Å². The third kappa shape index (κ3) is 3.10. The molecule has 2 rings (SSSR count). The summed E-state index contributed by atoms with van der Waals surface area (Å²) in [6, 6.07) is 3.89. The van der Waals surface area contributed by atoms with Crippen LogP contribution in [0.3, 0.4) is 0 Å². The van der Waals surface area contributed by atoms with Crippen molar-refractivity contribution in [3.8, 4) is 0 Å². The second-order valence-electron chi connectivity index (χ2n) is 5.76. The Morgan fingerprint density at radius 3 is 2.50 bits per heavy atom. The van der Waals surface area contributed by atoms with Gasteiger partial charge in [-0.3, -0.25) is 0 Å². The van der Waals surface area contributed by atoms with Crippen LogP contribution in [0.1, 0.15) is 32.8 Å². The van der Waals surface area contributed by atoms with Gasteiger partial charge < -0.3 is 10.1 Å². The molecule has 1 N–H and O–H groups in total. The van der Waals surface area contributed by atoms with Crippen molar-refractivity contribution in [2.75, 3.05) is 6.61 Å². The minimum Gasteiger partial charge on any atom is -0.378 e. The summed E-state index contributed by atoms with van der Waals surface area (Å²) in [7, 11) is 0. The lowest BCUT2D eigenvalue weighted by Crippen LogP contribution is -2.60. The average Bonchev–Trinajstić information content (AvgIpc) is 2.40. The predicted molar refractivity (Wildman–Crippen MR) is 85.9 cm³/mol. The lowest BCUT2D eigenvalue weighted by atomic mass is 9.64. The summed E-state index contributed by atoms with van der Waals surface area (Å²) in [5.74, 6) is 0. The molecule has 1 saturated carbocycles. The Bertz CT molecular complexity index is 490. The highest BCUT2D eigenvalue weighted by Gasteiger charge is 2.48. The number of rotatable bonds is 5. The van der Waals surface area contributed by atoms with E-state index >= 15 is 0 Å². The Hall–Kier alpha value is 0.01000. The van der Waals surface area contributed by atoms with Crippen LogP contribution in [-0.2, 0) is 11.3 Å². The fourth-order valence-electron chi connectivity index (χ4n) is 2.67. The second-order valence-corrected chi connectivity index (χ2v) is 6.95. The maximum absolute atomic E-state index is 6.21. The molecule has 0 amide bonds. The van der Waals surface area contributed by atoms with Gasteiger partial charge in [-0.05, 0) is 25.5 Å². The highest BCUT2D eigenvalue weighted by Crippen LogP contribution is 2.43. The fourth-order valence-corrected chi connectivity index (χ4v) is 3.35. The SMILES string of the molecule is CCOC1CC(NCc2c(Cl)ccc(Cl)c2Cl)C1(C)C. The molecule has 20 heavy (non-hydrogen) atoms. The topological polar surface area (TPSA) is 21.3 Å². The van der Waals surface area contributed by atoms with E-state index in [0.717, 1.165) is 18.6 Å². The molecule has 1 fully saturated rings. The molecule has 1 aliphatic carbocycles. The predicted octanol–water partition coefficient (Wildman–Crippen LogP) is 4.94. The second kappa shape index (κ2) is 6.41. The van der Waals surface area contributed by atoms with Crippen LogP contribution in [0.25, 0.3) is 0 Å². The zero-order chi connectivity index (χ0) is 14.9. The molecule has 0 radical (unpaired) electrons. The van der Waals surface area contributed by atoms with Gasteiger partial charge in [-0.2, -0.15) is 0 Å². The van der Waals surface area contributed by atoms with E-state index in [1.807, 2.05) is 6.92 Å². The fraction of sp³-hybridized carbons (Fsp3) is 0.600. The van der Waals surface area contributed by atoms with E-state index in [0.29, 0.717) is 33.8 Å². The Balaban J connectivity index is 1.99. The minimum atomic E-state index is 0.119. The number of hydrogen-bond acceptors (Lipinski definition) is 2. The molecule has 0 aliphatic heterocycles. The van der Waals surface area contributed by atoms with Crippen LogP contribution >= 0.6 is 34.8 Å². The minimum absolute atomic E-state index is 0.119. The number of hydrogen-bond donors (Lipinski definition) is 1. The van der Waals surface area contributed by atoms with Gasteiger partial charge in [-0.15, -0.1) is 0 Å². The Morgan fingerprint density at radius 1 is 1.25 bits per heavy atom. The van der Waals surface area contributed by atoms with Crippen molar-refractivity contribution < 1.29 is 4.74 Å². The molecule has 0 heterocycles. The highest BCUT2D eigenvalue weighted by molar-refractivity contribution is 6.44. The molecule has 0 aromatic heterocycles. The molecule has 5 heteroatoms. The van der Waals surface area contributed by atoms with Crippen LogP contribution in [0.5, 0.6) is 0 Å². The first-order valence-corrected chi connectivity index (χ1v) is 7.98. The van der Waals surface area contributed by atoms with Crippen molar-refractivity contribution in [1.82, 2.24) is 5.32 Å². The quantitative estimate of drug-likeness (QED) is 0.769. The van der Waals surface area contributed by atoms with Crippen LogP contribution in [0.15, 0.2) is 12.1 Å². The van der Waals surface area contributed by atoms with Crippen LogP contribution in [0, 0.1) is 5.41 Å². The summed E-state index contributed by atoms with van der Waals surface area (Å²) in [6.45, 7) is 7.84. The van der Waals surface area contributed by atoms with Crippen molar-refractivity contribution in [1.29, 1.82) is 0 Å². The Morgan fingerprint density at radius 2 is 1.90 bits per heavy atom. The summed E-state index contributed by atoms with van der Waals surface area (Å²) >= 11 is 18.4. The lowest BCUT2D eigenvalue weighted by Gasteiger charge is -2.52. The van der Waals surface area contributed by atoms with Crippen LogP contribution in [0.4, 0.5) is 0 Å². The smallest absolute Gasteiger partial charge is 0.0655 e. The van der Waals surface area contributed by atoms with Crippen LogP contribution < -0.4 is 5.32 Å². The average molecular weight is 337 g/mol. The molecule has 2 atom stereocenters. The van der Waals surface area contributed by atoms with Gasteiger partial charge in [0.05, 0.1) is 16.1 Å². The maximum Gasteiger partial charge on any atom is 0.0655 e. The third-order valence-corrected chi connectivity index (χ3v) is 5.41. The highest BCUT2D eigenvalue weighted by atomic mass is 35.5. The molecule has 1 aromatic carbocycles. The standard InChI is InChI=1S/C15H20Cl3NO/c1-4-20-13-7-12(15(13,2)3)19-8-9-10(16)5-6-11(17)14(9)18/h5-6,12-13,19H,4,7-8H2,1-3H3. The van der Waals surface area contributed by atoms with Crippen molar-refractivity contribution in [2.24, 2.45) is 5.41 Å². The van der Waals surface area contributed by atoms with Gasteiger partial charge >= 0.3 is 0 Å². The zero-order valence-corrected chi connectivity index (χ0v) is 14.2. The zero-order valence-electron chi connectivity index (χ0n) is 12.0. The summed E-state index contributed by atoms with van der Waals surface area (Å²) in [5, 5.41) is 5.23. The van der Waals surface area contributed by atoms with Crippen molar-refractivity contribution >= 4 is 34.8 Å². The van der Waals surface area contributed by atoms with Gasteiger partial charge in [-0.1, -0.05) is 48.7 Å². The van der Waals surface area contributed by atoms with E-state index in [2.05, 4.69) is 19.2 Å². The van der Waals surface area contributed by atoms with Crippen LogP contribution in [-0.4, -0.2) is 18.8 Å². The summed E-state index contributed by atoms with van der Waals surface area (Å²) in [5.41, 5.74) is 0.976. The molecule has 2 nitrogen and oxygen atoms in total. The molecule has 2 unspecified atom stereocenters. The van der Waals surface area contributed by atoms with E-state index in [4.69, 9.17) is 39.5 Å². The summed E-state index contributed by atoms with van der Waals surface area (Å²) in [4.78, 5) is 0. The van der Waals surface area contributed by atoms with E-state index < -0.39 is 0 Å². The first-order valence-electron chi connectivity index (χ1n) is 6.85. The van der Waals surface area contributed by atoms with Gasteiger partial charge in [0.1, 0.15) is 0 Å². The van der Waals surface area contributed by atoms with Crippen molar-refractivity contribution in [2.45, 2.75) is 45.9 Å². The first-order chi connectivity index (χ1) is 9.37. The van der Waals surface area contributed by atoms with Gasteiger partial charge in [0.2, 0.25) is 0 Å². The van der Waals surface area contributed by atoms with Gasteiger partial charge in [-0.25, -0.2) is 0 Å². The first kappa shape index (κ1) is 16.4. The van der Waals surface area contributed by atoms with E-state index in [9.17, 15) is 0 Å². The number of ether oxygens (including phenoxy) is 1. The molecule has 0 spiro atoms. The molecule has 0 bridgehead atoms. The van der Waals surface area contributed by atoms with Gasteiger partial charge in [0.25, 0.3) is 0 Å². The molecule has 112 valence electrons. The van der Waals surface area contributed by atoms with Crippen LogP contribution in [0.2, 0.25) is 15.1 Å². The molecular weight excluding hydrogens is 317 g/mol. The third-order valence-electron chi connectivity index (χ3n) is 4.21.